The Kier molecular flexibility index (Phi) is 6.48. The lowest BCUT2D eigenvalue weighted by atomic mass is 9.54. The predicted octanol–water partition coefficient (Wildman–Crippen LogP) is 4.13. The molecular formula is C24H35NO5S. The standard InChI is InChI=1S/C24H35NO5S/c1-24-12-11-20-19-10-8-18(29-2)14-16(19)7-9-21(20)23(24)17(15-22(24)26)6-4-3-5-13-30-31(25,27)28/h8,10,14,17,20-21,23H,3-7,9,11-13,15H2,1-2H3,(H2,25,27,28)/t17-,20-,21-,23+,24-/m1/s1. The Morgan fingerprint density at radius 1 is 1.19 bits per heavy atom. The molecule has 0 aliphatic heterocycles. The fourth-order valence-electron chi connectivity index (χ4n) is 6.87. The fourth-order valence-corrected chi connectivity index (χ4v) is 7.22. The lowest BCUT2D eigenvalue weighted by molar-refractivity contribution is -0.129. The zero-order chi connectivity index (χ0) is 22.2. The molecule has 0 heterocycles. The number of benzene rings is 1. The van der Waals surface area contributed by atoms with Gasteiger partial charge >= 0.3 is 10.3 Å². The molecule has 6 nitrogen and oxygen atoms in total. The van der Waals surface area contributed by atoms with E-state index >= 15 is 0 Å². The molecule has 31 heavy (non-hydrogen) atoms. The summed E-state index contributed by atoms with van der Waals surface area (Å²) < 4.78 is 31.8. The molecule has 0 bridgehead atoms. The molecular weight excluding hydrogens is 414 g/mol. The molecule has 0 radical (unpaired) electrons. The van der Waals surface area contributed by atoms with Gasteiger partial charge in [0.1, 0.15) is 11.5 Å². The average Bonchev–Trinajstić information content (AvgIpc) is 2.99. The molecule has 0 spiro atoms. The molecule has 2 N–H and O–H groups in total. The van der Waals surface area contributed by atoms with E-state index in [1.807, 2.05) is 0 Å². The first-order valence-electron chi connectivity index (χ1n) is 11.6. The number of carbonyl (C=O) groups excluding carboxylic acids is 1. The van der Waals surface area contributed by atoms with E-state index in [9.17, 15) is 13.2 Å². The van der Waals surface area contributed by atoms with Crippen molar-refractivity contribution in [1.82, 2.24) is 0 Å². The summed E-state index contributed by atoms with van der Waals surface area (Å²) in [5.74, 6) is 3.39. The van der Waals surface area contributed by atoms with Crippen molar-refractivity contribution in [1.29, 1.82) is 0 Å². The first-order valence-corrected chi connectivity index (χ1v) is 13.1. The average molecular weight is 450 g/mol. The maximum Gasteiger partial charge on any atom is 0.333 e. The minimum atomic E-state index is -3.85. The predicted molar refractivity (Wildman–Crippen MR) is 119 cm³/mol. The van der Waals surface area contributed by atoms with E-state index in [0.29, 0.717) is 42.3 Å². The van der Waals surface area contributed by atoms with Crippen LogP contribution in [-0.2, 0) is 25.7 Å². The highest BCUT2D eigenvalue weighted by molar-refractivity contribution is 7.84. The van der Waals surface area contributed by atoms with Crippen LogP contribution in [0.2, 0.25) is 0 Å². The number of unbranched alkanes of at least 4 members (excludes halogenated alkanes) is 2. The number of rotatable bonds is 8. The Morgan fingerprint density at radius 3 is 2.74 bits per heavy atom. The third-order valence-corrected chi connectivity index (χ3v) is 8.74. The summed E-state index contributed by atoms with van der Waals surface area (Å²) in [4.78, 5) is 13.1. The van der Waals surface area contributed by atoms with Gasteiger partial charge in [-0.25, -0.2) is 5.14 Å². The maximum absolute atomic E-state index is 13.1. The SMILES string of the molecule is COc1ccc2c(c1)CC[C@H]1[C@@H]3[C@H](CCCCCOS(N)(=O)=O)CC(=O)[C@@]3(C)CC[C@H]21. The van der Waals surface area contributed by atoms with Gasteiger partial charge in [-0.1, -0.05) is 25.8 Å². The first-order chi connectivity index (χ1) is 14.7. The van der Waals surface area contributed by atoms with Gasteiger partial charge in [0.15, 0.2) is 0 Å². The lowest BCUT2D eigenvalue weighted by Gasteiger charge is -2.50. The first kappa shape index (κ1) is 22.7. The third-order valence-electron chi connectivity index (χ3n) is 8.24. The summed E-state index contributed by atoms with van der Waals surface area (Å²) in [7, 11) is -2.14. The van der Waals surface area contributed by atoms with E-state index in [-0.39, 0.29) is 12.0 Å². The van der Waals surface area contributed by atoms with Crippen LogP contribution >= 0.6 is 0 Å². The minimum Gasteiger partial charge on any atom is -0.497 e. The molecule has 2 saturated carbocycles. The highest BCUT2D eigenvalue weighted by atomic mass is 32.2. The van der Waals surface area contributed by atoms with Gasteiger partial charge in [-0.05, 0) is 85.5 Å². The van der Waals surface area contributed by atoms with Crippen LogP contribution in [0.3, 0.4) is 0 Å². The molecule has 1 aromatic carbocycles. The smallest absolute Gasteiger partial charge is 0.333 e. The quantitative estimate of drug-likeness (QED) is 0.602. The van der Waals surface area contributed by atoms with Crippen LogP contribution in [0.25, 0.3) is 0 Å². The van der Waals surface area contributed by atoms with Crippen molar-refractivity contribution in [3.05, 3.63) is 29.3 Å². The molecule has 1 aromatic rings. The summed E-state index contributed by atoms with van der Waals surface area (Å²) in [5, 5.41) is 4.87. The van der Waals surface area contributed by atoms with Crippen molar-refractivity contribution >= 4 is 16.1 Å². The van der Waals surface area contributed by atoms with Crippen molar-refractivity contribution in [3.63, 3.8) is 0 Å². The van der Waals surface area contributed by atoms with E-state index in [2.05, 4.69) is 29.3 Å². The Morgan fingerprint density at radius 2 is 2.00 bits per heavy atom. The number of aryl methyl sites for hydroxylation is 1. The van der Waals surface area contributed by atoms with Crippen LogP contribution < -0.4 is 9.88 Å². The van der Waals surface area contributed by atoms with Crippen molar-refractivity contribution in [2.24, 2.45) is 28.3 Å². The van der Waals surface area contributed by atoms with Gasteiger partial charge in [0, 0.05) is 11.8 Å². The van der Waals surface area contributed by atoms with Crippen LogP contribution in [0.15, 0.2) is 18.2 Å². The molecule has 2 fully saturated rings. The molecule has 4 rings (SSSR count). The normalized spacial score (nSPS) is 32.3. The molecule has 3 aliphatic carbocycles. The third kappa shape index (κ3) is 4.55. The second-order valence-electron chi connectivity index (χ2n) is 9.91. The summed E-state index contributed by atoms with van der Waals surface area (Å²) in [6.45, 7) is 2.36. The molecule has 0 amide bonds. The topological polar surface area (TPSA) is 95.7 Å². The molecule has 0 saturated heterocycles. The van der Waals surface area contributed by atoms with Crippen LogP contribution in [0.4, 0.5) is 0 Å². The van der Waals surface area contributed by atoms with Gasteiger partial charge in [-0.15, -0.1) is 0 Å². The summed E-state index contributed by atoms with van der Waals surface area (Å²) in [6, 6.07) is 6.53. The lowest BCUT2D eigenvalue weighted by Crippen LogP contribution is -2.44. The fraction of sp³-hybridized carbons (Fsp3) is 0.708. The highest BCUT2D eigenvalue weighted by Crippen LogP contribution is 2.62. The van der Waals surface area contributed by atoms with E-state index < -0.39 is 10.3 Å². The molecule has 172 valence electrons. The van der Waals surface area contributed by atoms with E-state index in [1.54, 1.807) is 7.11 Å². The van der Waals surface area contributed by atoms with Crippen molar-refractivity contribution in [2.45, 2.75) is 70.6 Å². The second kappa shape index (κ2) is 8.83. The number of carbonyl (C=O) groups is 1. The zero-order valence-corrected chi connectivity index (χ0v) is 19.5. The molecule has 0 unspecified atom stereocenters. The van der Waals surface area contributed by atoms with Gasteiger partial charge < -0.3 is 4.74 Å². The van der Waals surface area contributed by atoms with Gasteiger partial charge in [-0.3, -0.25) is 8.98 Å². The Hall–Kier alpha value is -1.44. The van der Waals surface area contributed by atoms with E-state index in [4.69, 9.17) is 9.88 Å². The minimum absolute atomic E-state index is 0.133. The molecule has 5 atom stereocenters. The summed E-state index contributed by atoms with van der Waals surface area (Å²) in [6.07, 6.45) is 8.57. The highest BCUT2D eigenvalue weighted by Gasteiger charge is 2.58. The Bertz CT molecular complexity index is 930. The molecule has 0 aromatic heterocycles. The number of ether oxygens (including phenoxy) is 1. The number of methoxy groups -OCH3 is 1. The summed E-state index contributed by atoms with van der Waals surface area (Å²) >= 11 is 0. The van der Waals surface area contributed by atoms with Gasteiger partial charge in [0.2, 0.25) is 0 Å². The number of nitrogens with two attached hydrogens (primary N) is 1. The monoisotopic (exact) mass is 449 g/mol. The Labute approximate surface area is 186 Å². The molecule has 3 aliphatic rings. The van der Waals surface area contributed by atoms with E-state index in [0.717, 1.165) is 50.7 Å². The van der Waals surface area contributed by atoms with Gasteiger partial charge in [0.05, 0.1) is 13.7 Å². The van der Waals surface area contributed by atoms with Crippen molar-refractivity contribution < 1.29 is 22.1 Å². The van der Waals surface area contributed by atoms with Crippen LogP contribution in [0.5, 0.6) is 5.75 Å². The van der Waals surface area contributed by atoms with E-state index in [1.165, 1.54) is 11.1 Å². The maximum atomic E-state index is 13.1. The summed E-state index contributed by atoms with van der Waals surface area (Å²) in [5.41, 5.74) is 2.71. The molecule has 7 heteroatoms. The zero-order valence-electron chi connectivity index (χ0n) is 18.6. The second-order valence-corrected chi connectivity index (χ2v) is 11.1. The van der Waals surface area contributed by atoms with Crippen LogP contribution in [0.1, 0.15) is 75.3 Å². The number of hydrogen-bond donors (Lipinski definition) is 1. The van der Waals surface area contributed by atoms with Crippen LogP contribution in [0, 0.1) is 23.2 Å². The number of hydrogen-bond acceptors (Lipinski definition) is 5. The number of Topliss-reactive ketones (excluding diaryl/α,β-unsaturated/α-hetero) is 1. The Balaban J connectivity index is 1.43. The van der Waals surface area contributed by atoms with Crippen molar-refractivity contribution in [3.8, 4) is 5.75 Å². The number of ketones is 1. The van der Waals surface area contributed by atoms with Crippen LogP contribution in [-0.4, -0.2) is 27.9 Å². The van der Waals surface area contributed by atoms with Gasteiger partial charge in [-0.2, -0.15) is 8.42 Å². The number of fused-ring (bicyclic) bond motifs is 5. The van der Waals surface area contributed by atoms with Crippen molar-refractivity contribution in [2.75, 3.05) is 13.7 Å². The van der Waals surface area contributed by atoms with Gasteiger partial charge in [0.25, 0.3) is 0 Å². The largest absolute Gasteiger partial charge is 0.497 e.